The van der Waals surface area contributed by atoms with E-state index < -0.39 is 9.84 Å². The number of aliphatic imine (C=N–C) groups is 1. The van der Waals surface area contributed by atoms with Crippen LogP contribution in [0.1, 0.15) is 31.7 Å². The van der Waals surface area contributed by atoms with Gasteiger partial charge in [0.2, 0.25) is 0 Å². The summed E-state index contributed by atoms with van der Waals surface area (Å²) in [6, 6.07) is 2.01. The van der Waals surface area contributed by atoms with E-state index in [1.165, 1.54) is 6.26 Å². The molecule has 0 radical (unpaired) electrons. The van der Waals surface area contributed by atoms with Gasteiger partial charge in [-0.1, -0.05) is 17.7 Å². The van der Waals surface area contributed by atoms with Gasteiger partial charge in [0.25, 0.3) is 0 Å². The molecule has 3 rings (SSSR count). The Morgan fingerprint density at radius 1 is 1.32 bits per heavy atom. The molecule has 0 amide bonds. The largest absolute Gasteiger partial charge is 0.357 e. The fraction of sp³-hybridized carbons (Fsp3) is 0.556. The van der Waals surface area contributed by atoms with Gasteiger partial charge in [0.1, 0.15) is 15.7 Å². The lowest BCUT2D eigenvalue weighted by Crippen LogP contribution is -2.36. The number of nitrogens with zero attached hydrogens (tertiary/aromatic N) is 3. The summed E-state index contributed by atoms with van der Waals surface area (Å²) in [4.78, 5) is 11.3. The van der Waals surface area contributed by atoms with E-state index in [0.29, 0.717) is 5.02 Å². The van der Waals surface area contributed by atoms with Crippen LogP contribution in [0.4, 0.5) is 5.82 Å². The fourth-order valence-electron chi connectivity index (χ4n) is 3.52. The molecule has 0 bridgehead atoms. The Labute approximate surface area is 154 Å². The first-order valence-corrected chi connectivity index (χ1v) is 11.1. The van der Waals surface area contributed by atoms with Crippen molar-refractivity contribution in [2.45, 2.75) is 26.2 Å². The number of halogens is 1. The highest BCUT2D eigenvalue weighted by Crippen LogP contribution is 2.28. The second-order valence-corrected chi connectivity index (χ2v) is 9.54. The average molecular weight is 382 g/mol. The topological polar surface area (TPSA) is 62.6 Å². The lowest BCUT2D eigenvalue weighted by atomic mass is 9.98. The van der Waals surface area contributed by atoms with Crippen molar-refractivity contribution < 1.29 is 8.42 Å². The van der Waals surface area contributed by atoms with E-state index in [2.05, 4.69) is 27.9 Å². The molecule has 2 aliphatic heterocycles. The molecule has 0 unspecified atom stereocenters. The molecule has 3 heterocycles. The van der Waals surface area contributed by atoms with E-state index in [0.717, 1.165) is 61.6 Å². The summed E-state index contributed by atoms with van der Waals surface area (Å²) < 4.78 is 23.0. The maximum Gasteiger partial charge on any atom is 0.147 e. The lowest BCUT2D eigenvalue weighted by molar-refractivity contribution is 0.435. The number of sulfone groups is 1. The zero-order valence-corrected chi connectivity index (χ0v) is 16.3. The van der Waals surface area contributed by atoms with E-state index >= 15 is 0 Å². The molecule has 1 aromatic heterocycles. The molecule has 0 atom stereocenters. The molecule has 136 valence electrons. The number of rotatable bonds is 4. The molecule has 0 spiro atoms. The summed E-state index contributed by atoms with van der Waals surface area (Å²) in [6.45, 7) is 4.48. The molecule has 1 saturated heterocycles. The summed E-state index contributed by atoms with van der Waals surface area (Å²) in [6.07, 6.45) is 7.90. The van der Waals surface area contributed by atoms with Crippen LogP contribution in [-0.4, -0.2) is 50.8 Å². The maximum absolute atomic E-state index is 11.5. The Hall–Kier alpha value is -1.40. The smallest absolute Gasteiger partial charge is 0.147 e. The van der Waals surface area contributed by atoms with Gasteiger partial charge >= 0.3 is 0 Å². The van der Waals surface area contributed by atoms with Gasteiger partial charge < -0.3 is 4.90 Å². The van der Waals surface area contributed by atoms with E-state index in [1.807, 2.05) is 6.07 Å². The Morgan fingerprint density at radius 3 is 2.68 bits per heavy atom. The normalized spacial score (nSPS) is 19.6. The SMILES string of the molecule is CC1=CCCN=C1c1cc(N2CCC(CS(C)(=O)=O)CC2)ncc1Cl. The van der Waals surface area contributed by atoms with Gasteiger partial charge in [-0.05, 0) is 43.7 Å². The van der Waals surface area contributed by atoms with Crippen LogP contribution in [-0.2, 0) is 9.84 Å². The van der Waals surface area contributed by atoms with Gasteiger partial charge in [-0.2, -0.15) is 0 Å². The number of anilines is 1. The first kappa shape index (κ1) is 18.4. The number of hydrogen-bond donors (Lipinski definition) is 0. The highest BCUT2D eigenvalue weighted by molar-refractivity contribution is 7.90. The van der Waals surface area contributed by atoms with Gasteiger partial charge in [0.15, 0.2) is 0 Å². The molecule has 0 saturated carbocycles. The molecular formula is C18H24ClN3O2S. The Morgan fingerprint density at radius 2 is 2.04 bits per heavy atom. The standard InChI is InChI=1S/C18H24ClN3O2S/c1-13-4-3-7-20-18(13)15-10-17(21-11-16(15)19)22-8-5-14(6-9-22)12-25(2,23)24/h4,10-11,14H,3,5-9,12H2,1-2H3. The van der Waals surface area contributed by atoms with Gasteiger partial charge in [-0.15, -0.1) is 0 Å². The second-order valence-electron chi connectivity index (χ2n) is 6.95. The molecule has 1 fully saturated rings. The van der Waals surface area contributed by atoms with Crippen molar-refractivity contribution in [3.63, 3.8) is 0 Å². The first-order chi connectivity index (χ1) is 11.8. The minimum Gasteiger partial charge on any atom is -0.357 e. The number of aromatic nitrogens is 1. The number of dihydropyridines is 1. The molecule has 5 nitrogen and oxygen atoms in total. The lowest BCUT2D eigenvalue weighted by Gasteiger charge is -2.32. The van der Waals surface area contributed by atoms with Gasteiger partial charge in [-0.25, -0.2) is 13.4 Å². The average Bonchev–Trinajstić information content (AvgIpc) is 2.55. The predicted octanol–water partition coefficient (Wildman–Crippen LogP) is 3.14. The minimum atomic E-state index is -2.91. The van der Waals surface area contributed by atoms with Gasteiger partial charge in [-0.3, -0.25) is 4.99 Å². The fourth-order valence-corrected chi connectivity index (χ4v) is 4.90. The molecule has 25 heavy (non-hydrogen) atoms. The minimum absolute atomic E-state index is 0.242. The summed E-state index contributed by atoms with van der Waals surface area (Å²) in [5, 5.41) is 0.615. The van der Waals surface area contributed by atoms with E-state index in [-0.39, 0.29) is 11.7 Å². The quantitative estimate of drug-likeness (QED) is 0.803. The van der Waals surface area contributed by atoms with E-state index in [1.54, 1.807) is 6.20 Å². The van der Waals surface area contributed by atoms with Crippen molar-refractivity contribution in [3.05, 3.63) is 34.5 Å². The third kappa shape index (κ3) is 4.61. The van der Waals surface area contributed by atoms with Crippen LogP contribution >= 0.6 is 11.6 Å². The van der Waals surface area contributed by atoms with Crippen molar-refractivity contribution in [1.82, 2.24) is 4.98 Å². The van der Waals surface area contributed by atoms with Crippen molar-refractivity contribution in [3.8, 4) is 0 Å². The monoisotopic (exact) mass is 381 g/mol. The second kappa shape index (κ2) is 7.46. The number of piperidine rings is 1. The van der Waals surface area contributed by atoms with Crippen molar-refractivity contribution in [2.24, 2.45) is 10.9 Å². The summed E-state index contributed by atoms with van der Waals surface area (Å²) in [7, 11) is -2.91. The number of pyridine rings is 1. The van der Waals surface area contributed by atoms with Crippen LogP contribution in [0.3, 0.4) is 0 Å². The summed E-state index contributed by atoms with van der Waals surface area (Å²) in [5.41, 5.74) is 3.03. The van der Waals surface area contributed by atoms with Crippen LogP contribution < -0.4 is 4.90 Å². The van der Waals surface area contributed by atoms with Crippen LogP contribution in [0.15, 0.2) is 28.9 Å². The Bertz CT molecular complexity index is 810. The number of hydrogen-bond acceptors (Lipinski definition) is 5. The molecule has 0 aromatic carbocycles. The predicted molar refractivity (Wildman–Crippen MR) is 104 cm³/mol. The molecule has 0 aliphatic carbocycles. The van der Waals surface area contributed by atoms with E-state index in [9.17, 15) is 8.42 Å². The summed E-state index contributed by atoms with van der Waals surface area (Å²) in [5.74, 6) is 1.41. The summed E-state index contributed by atoms with van der Waals surface area (Å²) >= 11 is 6.37. The third-order valence-corrected chi connectivity index (χ3v) is 6.17. The highest BCUT2D eigenvalue weighted by atomic mass is 35.5. The molecular weight excluding hydrogens is 358 g/mol. The van der Waals surface area contributed by atoms with Gasteiger partial charge in [0, 0.05) is 37.7 Å². The van der Waals surface area contributed by atoms with E-state index in [4.69, 9.17) is 11.6 Å². The van der Waals surface area contributed by atoms with Gasteiger partial charge in [0.05, 0.1) is 16.5 Å². The Balaban J connectivity index is 1.75. The molecule has 1 aromatic rings. The first-order valence-electron chi connectivity index (χ1n) is 8.63. The zero-order valence-electron chi connectivity index (χ0n) is 14.7. The number of allylic oxidation sites excluding steroid dienone is 1. The van der Waals surface area contributed by atoms with Crippen molar-refractivity contribution in [1.29, 1.82) is 0 Å². The van der Waals surface area contributed by atoms with Crippen molar-refractivity contribution in [2.75, 3.05) is 36.5 Å². The van der Waals surface area contributed by atoms with Crippen LogP contribution in [0.2, 0.25) is 5.02 Å². The molecule has 0 N–H and O–H groups in total. The maximum atomic E-state index is 11.5. The Kier molecular flexibility index (Phi) is 5.49. The van der Waals surface area contributed by atoms with Crippen molar-refractivity contribution >= 4 is 33.0 Å². The third-order valence-electron chi connectivity index (χ3n) is 4.80. The van der Waals surface area contributed by atoms with Crippen LogP contribution in [0.5, 0.6) is 0 Å². The van der Waals surface area contributed by atoms with Crippen LogP contribution in [0, 0.1) is 5.92 Å². The molecule has 2 aliphatic rings. The van der Waals surface area contributed by atoms with Crippen LogP contribution in [0.25, 0.3) is 0 Å². The highest BCUT2D eigenvalue weighted by Gasteiger charge is 2.24. The molecule has 7 heteroatoms. The zero-order chi connectivity index (χ0) is 18.0.